The van der Waals surface area contributed by atoms with Crippen molar-refractivity contribution < 1.29 is 9.47 Å². The molecule has 0 saturated carbocycles. The van der Waals surface area contributed by atoms with Crippen LogP contribution in [0.3, 0.4) is 0 Å². The average Bonchev–Trinajstić information content (AvgIpc) is 2.93. The third kappa shape index (κ3) is 3.54. The van der Waals surface area contributed by atoms with Gasteiger partial charge in [-0.25, -0.2) is 4.68 Å². The van der Waals surface area contributed by atoms with E-state index in [9.17, 15) is 0 Å². The number of hydrogen-bond acceptors (Lipinski definition) is 5. The average molecular weight is 260 g/mol. The normalized spacial score (nSPS) is 10.8. The quantitative estimate of drug-likeness (QED) is 0.745. The van der Waals surface area contributed by atoms with E-state index in [4.69, 9.17) is 9.47 Å². The van der Waals surface area contributed by atoms with E-state index < -0.39 is 0 Å². The van der Waals surface area contributed by atoms with Crippen molar-refractivity contribution in [3.63, 3.8) is 0 Å². The van der Waals surface area contributed by atoms with E-state index in [2.05, 4.69) is 15.3 Å². The Kier molecular flexibility index (Phi) is 4.49. The minimum absolute atomic E-state index is 0.589. The van der Waals surface area contributed by atoms with Gasteiger partial charge < -0.3 is 9.47 Å². The molecular weight excluding hydrogens is 244 g/mol. The molecule has 0 spiro atoms. The second-order valence-electron chi connectivity index (χ2n) is 3.66. The van der Waals surface area contributed by atoms with Gasteiger partial charge in [-0.15, -0.1) is 10.2 Å². The van der Waals surface area contributed by atoms with Crippen LogP contribution in [0.2, 0.25) is 0 Å². The maximum Gasteiger partial charge on any atom is 0.161 e. The van der Waals surface area contributed by atoms with E-state index in [1.807, 2.05) is 32.0 Å². The number of nitrogens with zero attached hydrogens (tertiary/aromatic N) is 4. The largest absolute Gasteiger partial charge is 0.490 e. The zero-order chi connectivity index (χ0) is 13.5. The fraction of sp³-hybridized carbons (Fsp3) is 0.308. The summed E-state index contributed by atoms with van der Waals surface area (Å²) in [5, 5.41) is 11.5. The first kappa shape index (κ1) is 13.1. The topological polar surface area (TPSA) is 61.5 Å². The van der Waals surface area contributed by atoms with Gasteiger partial charge in [-0.05, 0) is 37.6 Å². The third-order valence-electron chi connectivity index (χ3n) is 2.31. The molecule has 1 heterocycles. The third-order valence-corrected chi connectivity index (χ3v) is 2.31. The van der Waals surface area contributed by atoms with E-state index in [0.29, 0.717) is 13.2 Å². The first-order valence-corrected chi connectivity index (χ1v) is 6.12. The molecule has 0 N–H and O–H groups in total. The van der Waals surface area contributed by atoms with Crippen LogP contribution in [-0.4, -0.2) is 34.3 Å². The summed E-state index contributed by atoms with van der Waals surface area (Å²) in [6.45, 7) is 5.07. The molecule has 6 heteroatoms. The van der Waals surface area contributed by atoms with Crippen molar-refractivity contribution in [3.05, 3.63) is 36.4 Å². The Labute approximate surface area is 111 Å². The van der Waals surface area contributed by atoms with Crippen LogP contribution in [0.4, 0.5) is 0 Å². The van der Waals surface area contributed by atoms with Gasteiger partial charge >= 0.3 is 0 Å². The summed E-state index contributed by atoms with van der Waals surface area (Å²) in [6.07, 6.45) is 4.75. The SMILES string of the molecule is CCOc1ccc(/C=N/n2cnnc2)cc1OCC. The second-order valence-corrected chi connectivity index (χ2v) is 3.66. The molecule has 6 nitrogen and oxygen atoms in total. The highest BCUT2D eigenvalue weighted by Gasteiger charge is 2.04. The van der Waals surface area contributed by atoms with Crippen LogP contribution in [0.1, 0.15) is 19.4 Å². The molecule has 0 unspecified atom stereocenters. The molecule has 2 aromatic rings. The lowest BCUT2D eigenvalue weighted by Gasteiger charge is -2.10. The standard InChI is InChI=1S/C13H16N4O2/c1-3-18-12-6-5-11(7-13(12)19-4-2)8-16-17-9-14-15-10-17/h5-10H,3-4H2,1-2H3/b16-8+. The lowest BCUT2D eigenvalue weighted by molar-refractivity contribution is 0.288. The molecule has 0 saturated heterocycles. The minimum atomic E-state index is 0.589. The van der Waals surface area contributed by atoms with Gasteiger partial charge in [0, 0.05) is 0 Å². The number of aromatic nitrogens is 3. The molecular formula is C13H16N4O2. The van der Waals surface area contributed by atoms with Crippen molar-refractivity contribution in [1.29, 1.82) is 0 Å². The Morgan fingerprint density at radius 3 is 2.47 bits per heavy atom. The second kappa shape index (κ2) is 6.53. The highest BCUT2D eigenvalue weighted by molar-refractivity contribution is 5.80. The van der Waals surface area contributed by atoms with Crippen molar-refractivity contribution in [2.24, 2.45) is 5.10 Å². The van der Waals surface area contributed by atoms with Crippen molar-refractivity contribution in [1.82, 2.24) is 14.9 Å². The maximum atomic E-state index is 5.55. The van der Waals surface area contributed by atoms with Gasteiger partial charge in [-0.3, -0.25) is 0 Å². The van der Waals surface area contributed by atoms with Gasteiger partial charge in [0.2, 0.25) is 0 Å². The Morgan fingerprint density at radius 1 is 1.11 bits per heavy atom. The molecule has 1 aromatic heterocycles. The summed E-state index contributed by atoms with van der Waals surface area (Å²) >= 11 is 0. The van der Waals surface area contributed by atoms with Gasteiger partial charge in [0.15, 0.2) is 11.5 Å². The van der Waals surface area contributed by atoms with Gasteiger partial charge in [0.25, 0.3) is 0 Å². The Morgan fingerprint density at radius 2 is 1.79 bits per heavy atom. The van der Waals surface area contributed by atoms with Crippen LogP contribution in [0.5, 0.6) is 11.5 Å². The molecule has 19 heavy (non-hydrogen) atoms. The first-order valence-electron chi connectivity index (χ1n) is 6.12. The lowest BCUT2D eigenvalue weighted by atomic mass is 10.2. The summed E-state index contributed by atoms with van der Waals surface area (Å²) in [7, 11) is 0. The van der Waals surface area contributed by atoms with Crippen LogP contribution < -0.4 is 9.47 Å². The van der Waals surface area contributed by atoms with Crippen molar-refractivity contribution in [3.8, 4) is 11.5 Å². The van der Waals surface area contributed by atoms with Crippen molar-refractivity contribution in [2.75, 3.05) is 13.2 Å². The molecule has 0 aliphatic rings. The zero-order valence-electron chi connectivity index (χ0n) is 11.0. The molecule has 2 rings (SSSR count). The van der Waals surface area contributed by atoms with E-state index in [1.54, 1.807) is 6.21 Å². The highest BCUT2D eigenvalue weighted by atomic mass is 16.5. The smallest absolute Gasteiger partial charge is 0.161 e. The van der Waals surface area contributed by atoms with E-state index in [0.717, 1.165) is 17.1 Å². The molecule has 100 valence electrons. The van der Waals surface area contributed by atoms with Crippen molar-refractivity contribution >= 4 is 6.21 Å². The monoisotopic (exact) mass is 260 g/mol. The molecule has 0 aliphatic heterocycles. The number of ether oxygens (including phenoxy) is 2. The van der Waals surface area contributed by atoms with E-state index in [1.165, 1.54) is 17.3 Å². The van der Waals surface area contributed by atoms with Crippen molar-refractivity contribution in [2.45, 2.75) is 13.8 Å². The fourth-order valence-electron chi connectivity index (χ4n) is 1.54. The number of hydrogen-bond donors (Lipinski definition) is 0. The van der Waals surface area contributed by atoms with Crippen LogP contribution in [0.25, 0.3) is 0 Å². The molecule has 0 fully saturated rings. The molecule has 0 radical (unpaired) electrons. The molecule has 0 amide bonds. The van der Waals surface area contributed by atoms with E-state index in [-0.39, 0.29) is 0 Å². The molecule has 1 aromatic carbocycles. The van der Waals surface area contributed by atoms with Crippen LogP contribution in [0, 0.1) is 0 Å². The van der Waals surface area contributed by atoms with Gasteiger partial charge in [0.05, 0.1) is 19.4 Å². The maximum absolute atomic E-state index is 5.55. The minimum Gasteiger partial charge on any atom is -0.490 e. The Bertz CT molecular complexity index is 538. The lowest BCUT2D eigenvalue weighted by Crippen LogP contribution is -1.99. The van der Waals surface area contributed by atoms with Gasteiger partial charge in [-0.2, -0.15) is 5.10 Å². The summed E-state index contributed by atoms with van der Waals surface area (Å²) in [5.41, 5.74) is 0.917. The summed E-state index contributed by atoms with van der Waals surface area (Å²) in [4.78, 5) is 0. The highest BCUT2D eigenvalue weighted by Crippen LogP contribution is 2.27. The summed E-state index contributed by atoms with van der Waals surface area (Å²) in [5.74, 6) is 1.46. The Balaban J connectivity index is 2.19. The molecule has 0 atom stereocenters. The molecule has 0 aliphatic carbocycles. The van der Waals surface area contributed by atoms with Crippen LogP contribution in [-0.2, 0) is 0 Å². The molecule has 0 bridgehead atoms. The zero-order valence-corrected chi connectivity index (χ0v) is 11.0. The fourth-order valence-corrected chi connectivity index (χ4v) is 1.54. The van der Waals surface area contributed by atoms with Crippen LogP contribution in [0.15, 0.2) is 36.0 Å². The van der Waals surface area contributed by atoms with Gasteiger partial charge in [0.1, 0.15) is 12.7 Å². The number of benzene rings is 1. The predicted octanol–water partition coefficient (Wildman–Crippen LogP) is 1.96. The summed E-state index contributed by atoms with van der Waals surface area (Å²) < 4.78 is 12.6. The Hall–Kier alpha value is -2.37. The van der Waals surface area contributed by atoms with Crippen LogP contribution >= 0.6 is 0 Å². The predicted molar refractivity (Wildman–Crippen MR) is 71.8 cm³/mol. The first-order chi connectivity index (χ1) is 9.33. The van der Waals surface area contributed by atoms with Gasteiger partial charge in [-0.1, -0.05) is 0 Å². The number of rotatable bonds is 6. The van der Waals surface area contributed by atoms with E-state index >= 15 is 0 Å². The summed E-state index contributed by atoms with van der Waals surface area (Å²) in [6, 6.07) is 5.69.